The summed E-state index contributed by atoms with van der Waals surface area (Å²) in [6.07, 6.45) is 2.17. The van der Waals surface area contributed by atoms with Gasteiger partial charge >= 0.3 is 0 Å². The molecule has 0 bridgehead atoms. The Balaban J connectivity index is 2.47. The van der Waals surface area contributed by atoms with Gasteiger partial charge in [0.25, 0.3) is 0 Å². The van der Waals surface area contributed by atoms with Crippen molar-refractivity contribution >= 4 is 5.91 Å². The van der Waals surface area contributed by atoms with Crippen molar-refractivity contribution in [2.45, 2.75) is 19.8 Å². The molecule has 0 aromatic heterocycles. The minimum absolute atomic E-state index is 0.167. The maximum Gasteiger partial charge on any atom is 0.219 e. The largest absolute Gasteiger partial charge is 0.339 e. The first-order valence-corrected chi connectivity index (χ1v) is 3.62. The van der Waals surface area contributed by atoms with Gasteiger partial charge in [-0.2, -0.15) is 0 Å². The molecular weight excluding hydrogens is 126 g/mol. The molecule has 2 heteroatoms. The first-order chi connectivity index (χ1) is 4.70. The number of piperidine rings is 1. The molecule has 0 aromatic rings. The second-order valence-electron chi connectivity index (χ2n) is 2.79. The van der Waals surface area contributed by atoms with Crippen molar-refractivity contribution in [2.24, 2.45) is 0 Å². The van der Waals surface area contributed by atoms with Crippen molar-refractivity contribution in [2.75, 3.05) is 13.1 Å². The van der Waals surface area contributed by atoms with Gasteiger partial charge in [-0.15, -0.1) is 0 Å². The van der Waals surface area contributed by atoms with Crippen molar-refractivity contribution < 1.29 is 4.79 Å². The zero-order valence-corrected chi connectivity index (χ0v) is 6.39. The third-order valence-electron chi connectivity index (χ3n) is 1.82. The lowest BCUT2D eigenvalue weighted by Gasteiger charge is -2.26. The highest BCUT2D eigenvalue weighted by Gasteiger charge is 2.13. The monoisotopic (exact) mass is 139 g/mol. The molecule has 0 spiro atoms. The zero-order valence-electron chi connectivity index (χ0n) is 6.39. The molecule has 10 heavy (non-hydrogen) atoms. The normalized spacial score (nSPS) is 19.3. The molecule has 0 N–H and O–H groups in total. The Morgan fingerprint density at radius 1 is 1.70 bits per heavy atom. The van der Waals surface area contributed by atoms with Gasteiger partial charge in [-0.25, -0.2) is 0 Å². The van der Waals surface area contributed by atoms with E-state index in [0.29, 0.717) is 0 Å². The number of likely N-dealkylation sites (tertiary alicyclic amines) is 1. The number of amides is 1. The molecule has 56 valence electrons. The molecule has 1 fully saturated rings. The molecule has 1 amide bonds. The summed E-state index contributed by atoms with van der Waals surface area (Å²) in [5.41, 5.74) is 1.18. The molecule has 1 rings (SSSR count). The average Bonchev–Trinajstić information content (AvgIpc) is 1.88. The molecule has 0 aliphatic carbocycles. The maximum absolute atomic E-state index is 10.8. The Morgan fingerprint density at radius 2 is 2.40 bits per heavy atom. The Kier molecular flexibility index (Phi) is 2.10. The van der Waals surface area contributed by atoms with Gasteiger partial charge < -0.3 is 4.90 Å². The second kappa shape index (κ2) is 2.86. The summed E-state index contributed by atoms with van der Waals surface area (Å²) in [6, 6.07) is 0. The van der Waals surface area contributed by atoms with Crippen LogP contribution in [0.5, 0.6) is 0 Å². The summed E-state index contributed by atoms with van der Waals surface area (Å²) >= 11 is 0. The van der Waals surface area contributed by atoms with E-state index in [1.165, 1.54) is 5.57 Å². The van der Waals surface area contributed by atoms with Crippen molar-refractivity contribution in [1.82, 2.24) is 4.90 Å². The molecule has 0 radical (unpaired) electrons. The van der Waals surface area contributed by atoms with Crippen LogP contribution in [0.2, 0.25) is 0 Å². The van der Waals surface area contributed by atoms with E-state index in [1.807, 2.05) is 4.90 Å². The van der Waals surface area contributed by atoms with Crippen molar-refractivity contribution in [3.05, 3.63) is 12.2 Å². The van der Waals surface area contributed by atoms with E-state index < -0.39 is 0 Å². The van der Waals surface area contributed by atoms with Crippen molar-refractivity contribution in [3.63, 3.8) is 0 Å². The minimum Gasteiger partial charge on any atom is -0.339 e. The summed E-state index contributed by atoms with van der Waals surface area (Å²) in [7, 11) is 0. The zero-order chi connectivity index (χ0) is 7.56. The number of hydrogen-bond acceptors (Lipinski definition) is 1. The van der Waals surface area contributed by atoms with Crippen LogP contribution < -0.4 is 0 Å². The highest BCUT2D eigenvalue weighted by Crippen LogP contribution is 2.12. The van der Waals surface area contributed by atoms with Gasteiger partial charge in [-0.3, -0.25) is 4.79 Å². The predicted molar refractivity (Wildman–Crippen MR) is 40.6 cm³/mol. The summed E-state index contributed by atoms with van der Waals surface area (Å²) < 4.78 is 0. The summed E-state index contributed by atoms with van der Waals surface area (Å²) in [5.74, 6) is 0.167. The first-order valence-electron chi connectivity index (χ1n) is 3.62. The van der Waals surface area contributed by atoms with E-state index in [0.717, 1.165) is 25.9 Å². The fourth-order valence-corrected chi connectivity index (χ4v) is 1.22. The van der Waals surface area contributed by atoms with Gasteiger partial charge in [-0.05, 0) is 12.8 Å². The Hall–Kier alpha value is -0.790. The molecule has 2 nitrogen and oxygen atoms in total. The molecule has 1 saturated heterocycles. The molecule has 0 saturated carbocycles. The van der Waals surface area contributed by atoms with Gasteiger partial charge in [0, 0.05) is 20.0 Å². The summed E-state index contributed by atoms with van der Waals surface area (Å²) in [6.45, 7) is 7.15. The summed E-state index contributed by atoms with van der Waals surface area (Å²) in [4.78, 5) is 12.7. The number of hydrogen-bond donors (Lipinski definition) is 0. The van der Waals surface area contributed by atoms with Gasteiger partial charge in [0.05, 0.1) is 0 Å². The standard InChI is InChI=1S/C8H13NO/c1-7-4-3-5-9(6-7)8(2)10/h1,3-6H2,2H3. The van der Waals surface area contributed by atoms with E-state index in [9.17, 15) is 4.79 Å². The fourth-order valence-electron chi connectivity index (χ4n) is 1.22. The summed E-state index contributed by atoms with van der Waals surface area (Å²) in [5, 5.41) is 0. The molecule has 1 aliphatic heterocycles. The van der Waals surface area contributed by atoms with E-state index in [1.54, 1.807) is 6.92 Å². The van der Waals surface area contributed by atoms with Crippen LogP contribution in [0.15, 0.2) is 12.2 Å². The quantitative estimate of drug-likeness (QED) is 0.461. The lowest BCUT2D eigenvalue weighted by molar-refractivity contribution is -0.128. The average molecular weight is 139 g/mol. The molecule has 0 unspecified atom stereocenters. The lowest BCUT2D eigenvalue weighted by atomic mass is 10.1. The van der Waals surface area contributed by atoms with Gasteiger partial charge in [0.1, 0.15) is 0 Å². The molecule has 0 aromatic carbocycles. The predicted octanol–water partition coefficient (Wildman–Crippen LogP) is 1.18. The van der Waals surface area contributed by atoms with Crippen LogP contribution in [0.4, 0.5) is 0 Å². The van der Waals surface area contributed by atoms with Crippen LogP contribution in [0.1, 0.15) is 19.8 Å². The SMILES string of the molecule is C=C1CCCN(C(C)=O)C1. The topological polar surface area (TPSA) is 20.3 Å². The number of rotatable bonds is 0. The second-order valence-corrected chi connectivity index (χ2v) is 2.79. The van der Waals surface area contributed by atoms with Crippen LogP contribution in [-0.4, -0.2) is 23.9 Å². The van der Waals surface area contributed by atoms with Crippen LogP contribution in [0, 0.1) is 0 Å². The first kappa shape index (κ1) is 7.32. The van der Waals surface area contributed by atoms with E-state index in [-0.39, 0.29) is 5.91 Å². The van der Waals surface area contributed by atoms with Gasteiger partial charge in [-0.1, -0.05) is 12.2 Å². The number of carbonyl (C=O) groups is 1. The molecule has 1 aliphatic rings. The smallest absolute Gasteiger partial charge is 0.219 e. The van der Waals surface area contributed by atoms with Crippen LogP contribution in [-0.2, 0) is 4.79 Å². The third-order valence-corrected chi connectivity index (χ3v) is 1.82. The maximum atomic E-state index is 10.8. The highest BCUT2D eigenvalue weighted by molar-refractivity contribution is 5.73. The number of carbonyl (C=O) groups excluding carboxylic acids is 1. The molecule has 1 heterocycles. The lowest BCUT2D eigenvalue weighted by Crippen LogP contribution is -2.34. The van der Waals surface area contributed by atoms with Crippen LogP contribution in [0.25, 0.3) is 0 Å². The highest BCUT2D eigenvalue weighted by atomic mass is 16.2. The van der Waals surface area contributed by atoms with Crippen molar-refractivity contribution in [1.29, 1.82) is 0 Å². The minimum atomic E-state index is 0.167. The van der Waals surface area contributed by atoms with E-state index in [4.69, 9.17) is 0 Å². The fraction of sp³-hybridized carbons (Fsp3) is 0.625. The Labute approximate surface area is 61.5 Å². The Morgan fingerprint density at radius 3 is 2.80 bits per heavy atom. The number of nitrogens with zero attached hydrogens (tertiary/aromatic N) is 1. The van der Waals surface area contributed by atoms with Crippen molar-refractivity contribution in [3.8, 4) is 0 Å². The van der Waals surface area contributed by atoms with E-state index >= 15 is 0 Å². The van der Waals surface area contributed by atoms with Gasteiger partial charge in [0.15, 0.2) is 0 Å². The van der Waals surface area contributed by atoms with E-state index in [2.05, 4.69) is 6.58 Å². The Bertz CT molecular complexity index is 161. The van der Waals surface area contributed by atoms with Crippen LogP contribution in [0.3, 0.4) is 0 Å². The van der Waals surface area contributed by atoms with Crippen LogP contribution >= 0.6 is 0 Å². The van der Waals surface area contributed by atoms with Gasteiger partial charge in [0.2, 0.25) is 5.91 Å². The molecular formula is C8H13NO. The third kappa shape index (κ3) is 1.59. The molecule has 0 atom stereocenters.